The van der Waals surface area contributed by atoms with Crippen LogP contribution < -0.4 is 0 Å². The van der Waals surface area contributed by atoms with Crippen molar-refractivity contribution in [3.05, 3.63) is 102 Å². The Morgan fingerprint density at radius 3 is 2.14 bits per heavy atom. The van der Waals surface area contributed by atoms with E-state index in [-0.39, 0.29) is 0 Å². The molecule has 1 atom stereocenters. The van der Waals surface area contributed by atoms with Crippen molar-refractivity contribution in [3.63, 3.8) is 0 Å². The van der Waals surface area contributed by atoms with E-state index in [1.54, 1.807) is 0 Å². The maximum atomic E-state index is 2.33. The van der Waals surface area contributed by atoms with Crippen molar-refractivity contribution in [2.75, 3.05) is 0 Å². The van der Waals surface area contributed by atoms with Crippen LogP contribution in [0.1, 0.15) is 22.6 Å². The van der Waals surface area contributed by atoms with E-state index in [9.17, 15) is 0 Å². The lowest BCUT2D eigenvalue weighted by Gasteiger charge is -2.20. The first-order chi connectivity index (χ1) is 10.9. The van der Waals surface area contributed by atoms with Crippen LogP contribution in [0.5, 0.6) is 0 Å². The summed E-state index contributed by atoms with van der Waals surface area (Å²) in [6.45, 7) is 0. The van der Waals surface area contributed by atoms with E-state index in [0.29, 0.717) is 5.92 Å². The van der Waals surface area contributed by atoms with Crippen LogP contribution in [0.4, 0.5) is 0 Å². The normalized spacial score (nSPS) is 16.3. The topological polar surface area (TPSA) is 0 Å². The first-order valence-electron chi connectivity index (χ1n) is 7.82. The maximum Gasteiger partial charge on any atom is 0.00619 e. The molecule has 1 aliphatic rings. The Morgan fingerprint density at radius 1 is 0.636 bits per heavy atom. The van der Waals surface area contributed by atoms with Gasteiger partial charge in [0.2, 0.25) is 0 Å². The number of rotatable bonds is 2. The zero-order valence-corrected chi connectivity index (χ0v) is 12.4. The summed E-state index contributed by atoms with van der Waals surface area (Å²) in [6, 6.07) is 28.2. The molecule has 0 heterocycles. The minimum Gasteiger partial charge on any atom is -0.0761 e. The molecule has 0 spiro atoms. The van der Waals surface area contributed by atoms with Crippen LogP contribution in [0.15, 0.2) is 84.9 Å². The maximum absolute atomic E-state index is 2.33. The lowest BCUT2D eigenvalue weighted by atomic mass is 9.85. The molecule has 0 amide bonds. The van der Waals surface area contributed by atoms with Crippen molar-refractivity contribution < 1.29 is 0 Å². The summed E-state index contributed by atoms with van der Waals surface area (Å²) in [5.41, 5.74) is 6.76. The molecule has 0 fully saturated rings. The summed E-state index contributed by atoms with van der Waals surface area (Å²) in [6.07, 6.45) is 5.69. The first-order valence-corrected chi connectivity index (χ1v) is 7.82. The fourth-order valence-electron chi connectivity index (χ4n) is 3.19. The van der Waals surface area contributed by atoms with Gasteiger partial charge in [0, 0.05) is 5.92 Å². The van der Waals surface area contributed by atoms with Crippen LogP contribution in [-0.2, 0) is 6.42 Å². The van der Waals surface area contributed by atoms with E-state index in [1.807, 2.05) is 0 Å². The SMILES string of the molecule is C1=C[C@H](c2ccc(-c3ccccc3)cc2)Cc2ccccc21. The molecule has 4 rings (SSSR count). The predicted molar refractivity (Wildman–Crippen MR) is 93.8 cm³/mol. The smallest absolute Gasteiger partial charge is 0.00619 e. The van der Waals surface area contributed by atoms with Gasteiger partial charge in [-0.2, -0.15) is 0 Å². The minimum atomic E-state index is 0.486. The fraction of sp³-hybridized carbons (Fsp3) is 0.0909. The molecule has 0 bridgehead atoms. The van der Waals surface area contributed by atoms with Gasteiger partial charge in [-0.1, -0.05) is 91.0 Å². The van der Waals surface area contributed by atoms with Gasteiger partial charge in [0.25, 0.3) is 0 Å². The third-order valence-corrected chi connectivity index (χ3v) is 4.45. The van der Waals surface area contributed by atoms with Crippen LogP contribution in [0.2, 0.25) is 0 Å². The van der Waals surface area contributed by atoms with Crippen LogP contribution in [0, 0.1) is 0 Å². The molecule has 0 nitrogen and oxygen atoms in total. The molecule has 0 aliphatic heterocycles. The second-order valence-electron chi connectivity index (χ2n) is 5.86. The molecule has 22 heavy (non-hydrogen) atoms. The standard InChI is InChI=1S/C22H18/c1-2-6-17(7-3-1)19-10-12-20(13-11-19)22-15-14-18-8-4-5-9-21(18)16-22/h1-15,22H,16H2/t22-/m0/s1. The molecular formula is C22H18. The van der Waals surface area contributed by atoms with Gasteiger partial charge >= 0.3 is 0 Å². The molecule has 0 saturated carbocycles. The number of fused-ring (bicyclic) bond motifs is 1. The van der Waals surface area contributed by atoms with E-state index in [1.165, 1.54) is 27.8 Å². The predicted octanol–water partition coefficient (Wildman–Crippen LogP) is 5.71. The molecule has 3 aromatic rings. The van der Waals surface area contributed by atoms with Crippen molar-refractivity contribution in [1.29, 1.82) is 0 Å². The molecule has 0 N–H and O–H groups in total. The second-order valence-corrected chi connectivity index (χ2v) is 5.86. The molecule has 0 aromatic heterocycles. The van der Waals surface area contributed by atoms with Crippen molar-refractivity contribution in [2.45, 2.75) is 12.3 Å². The van der Waals surface area contributed by atoms with Gasteiger partial charge in [0.15, 0.2) is 0 Å². The van der Waals surface area contributed by atoms with Gasteiger partial charge < -0.3 is 0 Å². The van der Waals surface area contributed by atoms with Gasteiger partial charge in [-0.05, 0) is 34.2 Å². The van der Waals surface area contributed by atoms with Crippen LogP contribution >= 0.6 is 0 Å². The Morgan fingerprint density at radius 2 is 1.32 bits per heavy atom. The summed E-state index contributed by atoms with van der Waals surface area (Å²) < 4.78 is 0. The summed E-state index contributed by atoms with van der Waals surface area (Å²) in [5.74, 6) is 0.486. The Balaban J connectivity index is 1.60. The zero-order chi connectivity index (χ0) is 14.8. The Kier molecular flexibility index (Phi) is 3.36. The highest BCUT2D eigenvalue weighted by molar-refractivity contribution is 5.64. The first kappa shape index (κ1) is 13.1. The summed E-state index contributed by atoms with van der Waals surface area (Å²) in [7, 11) is 0. The second kappa shape index (κ2) is 5.65. The Hall–Kier alpha value is -2.60. The fourth-order valence-corrected chi connectivity index (χ4v) is 3.19. The highest BCUT2D eigenvalue weighted by Gasteiger charge is 2.15. The molecule has 0 saturated heterocycles. The largest absolute Gasteiger partial charge is 0.0761 e. The van der Waals surface area contributed by atoms with Crippen molar-refractivity contribution in [2.24, 2.45) is 0 Å². The third kappa shape index (κ3) is 2.48. The molecule has 0 radical (unpaired) electrons. The van der Waals surface area contributed by atoms with Crippen molar-refractivity contribution >= 4 is 6.08 Å². The Bertz CT molecular complexity index is 795. The number of hydrogen-bond donors (Lipinski definition) is 0. The number of hydrogen-bond acceptors (Lipinski definition) is 0. The molecular weight excluding hydrogens is 264 g/mol. The zero-order valence-electron chi connectivity index (χ0n) is 12.4. The van der Waals surface area contributed by atoms with E-state index >= 15 is 0 Å². The minimum absolute atomic E-state index is 0.486. The van der Waals surface area contributed by atoms with Gasteiger partial charge in [0.05, 0.1) is 0 Å². The summed E-state index contributed by atoms with van der Waals surface area (Å²) in [4.78, 5) is 0. The van der Waals surface area contributed by atoms with Gasteiger partial charge in [-0.3, -0.25) is 0 Å². The van der Waals surface area contributed by atoms with Crippen molar-refractivity contribution in [3.8, 4) is 11.1 Å². The lowest BCUT2D eigenvalue weighted by Crippen LogP contribution is -2.05. The van der Waals surface area contributed by atoms with Crippen molar-refractivity contribution in [1.82, 2.24) is 0 Å². The monoisotopic (exact) mass is 282 g/mol. The van der Waals surface area contributed by atoms with Crippen LogP contribution in [0.25, 0.3) is 17.2 Å². The van der Waals surface area contributed by atoms with E-state index in [2.05, 4.69) is 91.0 Å². The van der Waals surface area contributed by atoms with Crippen LogP contribution in [0.3, 0.4) is 0 Å². The highest BCUT2D eigenvalue weighted by Crippen LogP contribution is 2.31. The van der Waals surface area contributed by atoms with Gasteiger partial charge in [-0.15, -0.1) is 0 Å². The van der Waals surface area contributed by atoms with Gasteiger partial charge in [0.1, 0.15) is 0 Å². The summed E-state index contributed by atoms with van der Waals surface area (Å²) in [5, 5.41) is 0. The molecule has 0 heteroatoms. The molecule has 3 aromatic carbocycles. The van der Waals surface area contributed by atoms with E-state index in [4.69, 9.17) is 0 Å². The van der Waals surface area contributed by atoms with Gasteiger partial charge in [-0.25, -0.2) is 0 Å². The molecule has 0 unspecified atom stereocenters. The quantitative estimate of drug-likeness (QED) is 0.565. The van der Waals surface area contributed by atoms with Crippen LogP contribution in [-0.4, -0.2) is 0 Å². The number of allylic oxidation sites excluding steroid dienone is 1. The average Bonchev–Trinajstić information content (AvgIpc) is 2.62. The van der Waals surface area contributed by atoms with E-state index < -0.39 is 0 Å². The lowest BCUT2D eigenvalue weighted by molar-refractivity contribution is 0.827. The summed E-state index contributed by atoms with van der Waals surface area (Å²) >= 11 is 0. The molecule has 106 valence electrons. The number of benzene rings is 3. The average molecular weight is 282 g/mol. The highest BCUT2D eigenvalue weighted by atomic mass is 14.2. The third-order valence-electron chi connectivity index (χ3n) is 4.45. The molecule has 1 aliphatic carbocycles. The van der Waals surface area contributed by atoms with E-state index in [0.717, 1.165) is 6.42 Å². The Labute approximate surface area is 131 Å².